The number of hydrogen-bond acceptors (Lipinski definition) is 4. The number of carbonyl (C=O) groups excluding carboxylic acids is 1. The van der Waals surface area contributed by atoms with E-state index in [-0.39, 0.29) is 17.8 Å². The Morgan fingerprint density at radius 1 is 1.04 bits per heavy atom. The molecule has 1 fully saturated rings. The van der Waals surface area contributed by atoms with Crippen LogP contribution in [0.5, 0.6) is 11.5 Å². The maximum Gasteiger partial charge on any atom is 0.254 e. The second-order valence-electron chi connectivity index (χ2n) is 6.02. The van der Waals surface area contributed by atoms with E-state index in [0.29, 0.717) is 50.0 Å². The van der Waals surface area contributed by atoms with Gasteiger partial charge in [-0.2, -0.15) is 0 Å². The molecule has 5 nitrogen and oxygen atoms in total. The maximum absolute atomic E-state index is 13.4. The van der Waals surface area contributed by atoms with Gasteiger partial charge in [0, 0.05) is 12.1 Å². The summed E-state index contributed by atoms with van der Waals surface area (Å²) in [7, 11) is 0. The zero-order chi connectivity index (χ0) is 17.2. The minimum Gasteiger partial charge on any atom is -0.486 e. The number of carbonyl (C=O) groups is 1. The normalized spacial score (nSPS) is 19.6. The first kappa shape index (κ1) is 15.9. The molecule has 0 saturated carbocycles. The smallest absolute Gasteiger partial charge is 0.254 e. The lowest BCUT2D eigenvalue weighted by molar-refractivity contribution is -0.0229. The first-order chi connectivity index (χ1) is 12.2. The van der Waals surface area contributed by atoms with E-state index in [2.05, 4.69) is 0 Å². The number of nitrogens with zero attached hydrogens (tertiary/aromatic N) is 1. The summed E-state index contributed by atoms with van der Waals surface area (Å²) in [5.74, 6) is 0.840. The lowest BCUT2D eigenvalue weighted by atomic mass is 10.1. The average molecular weight is 343 g/mol. The highest BCUT2D eigenvalue weighted by Gasteiger charge is 2.27. The highest BCUT2D eigenvalue weighted by Crippen LogP contribution is 2.32. The zero-order valence-corrected chi connectivity index (χ0v) is 13.6. The van der Waals surface area contributed by atoms with Crippen LogP contribution in [0.3, 0.4) is 0 Å². The largest absolute Gasteiger partial charge is 0.486 e. The number of morpholine rings is 1. The fourth-order valence-corrected chi connectivity index (χ4v) is 3.10. The summed E-state index contributed by atoms with van der Waals surface area (Å²) in [6.07, 6.45) is -0.328. The van der Waals surface area contributed by atoms with Crippen LogP contribution >= 0.6 is 0 Å². The summed E-state index contributed by atoms with van der Waals surface area (Å²) in [5.41, 5.74) is 1.28. The number of hydrogen-bond donors (Lipinski definition) is 0. The second kappa shape index (κ2) is 6.72. The van der Waals surface area contributed by atoms with Crippen LogP contribution in [0.25, 0.3) is 0 Å². The molecule has 0 aliphatic carbocycles. The predicted molar refractivity (Wildman–Crippen MR) is 88.4 cm³/mol. The van der Waals surface area contributed by atoms with Gasteiger partial charge in [-0.15, -0.1) is 0 Å². The molecule has 1 amide bonds. The van der Waals surface area contributed by atoms with Gasteiger partial charge in [-0.1, -0.05) is 12.1 Å². The fraction of sp³-hybridized carbons (Fsp3) is 0.316. The van der Waals surface area contributed by atoms with Gasteiger partial charge in [0.2, 0.25) is 0 Å². The van der Waals surface area contributed by atoms with Gasteiger partial charge in [-0.25, -0.2) is 4.39 Å². The van der Waals surface area contributed by atoms with E-state index in [9.17, 15) is 9.18 Å². The summed E-state index contributed by atoms with van der Waals surface area (Å²) < 4.78 is 30.2. The lowest BCUT2D eigenvalue weighted by Gasteiger charge is -2.33. The number of fused-ring (bicyclic) bond motifs is 1. The predicted octanol–water partition coefficient (Wildman–Crippen LogP) is 2.81. The summed E-state index contributed by atoms with van der Waals surface area (Å²) >= 11 is 0. The highest BCUT2D eigenvalue weighted by molar-refractivity contribution is 5.95. The first-order valence-electron chi connectivity index (χ1n) is 8.27. The van der Waals surface area contributed by atoms with Crippen molar-refractivity contribution in [3.8, 4) is 11.5 Å². The van der Waals surface area contributed by atoms with Crippen LogP contribution in [0, 0.1) is 5.82 Å². The number of halogens is 1. The van der Waals surface area contributed by atoms with Crippen molar-refractivity contribution < 1.29 is 23.4 Å². The van der Waals surface area contributed by atoms with Gasteiger partial charge in [-0.3, -0.25) is 4.79 Å². The molecule has 2 aliphatic rings. The fourth-order valence-electron chi connectivity index (χ4n) is 3.10. The summed E-state index contributed by atoms with van der Waals surface area (Å²) in [6, 6.07) is 11.5. The van der Waals surface area contributed by atoms with Crippen molar-refractivity contribution in [2.45, 2.75) is 6.10 Å². The molecule has 0 N–H and O–H groups in total. The SMILES string of the molecule is O=C(c1ccc2c(c1)OCCO2)N1CCO[C@H](c2cccc(F)c2)C1. The van der Waals surface area contributed by atoms with E-state index >= 15 is 0 Å². The molecule has 25 heavy (non-hydrogen) atoms. The van der Waals surface area contributed by atoms with Crippen LogP contribution in [0.4, 0.5) is 4.39 Å². The number of amides is 1. The van der Waals surface area contributed by atoms with E-state index in [1.54, 1.807) is 29.2 Å². The number of benzene rings is 2. The molecule has 1 saturated heterocycles. The van der Waals surface area contributed by atoms with E-state index < -0.39 is 0 Å². The van der Waals surface area contributed by atoms with Gasteiger partial charge in [-0.05, 0) is 35.9 Å². The van der Waals surface area contributed by atoms with Crippen molar-refractivity contribution in [3.63, 3.8) is 0 Å². The third-order valence-electron chi connectivity index (χ3n) is 4.36. The second-order valence-corrected chi connectivity index (χ2v) is 6.02. The molecule has 2 aromatic carbocycles. The van der Waals surface area contributed by atoms with E-state index in [1.807, 2.05) is 6.07 Å². The molecule has 4 rings (SSSR count). The molecule has 1 atom stereocenters. The van der Waals surface area contributed by atoms with Crippen LogP contribution in [-0.4, -0.2) is 43.7 Å². The Morgan fingerprint density at radius 3 is 2.72 bits per heavy atom. The van der Waals surface area contributed by atoms with E-state index in [4.69, 9.17) is 14.2 Å². The molecule has 2 heterocycles. The molecule has 0 radical (unpaired) electrons. The van der Waals surface area contributed by atoms with Crippen LogP contribution in [-0.2, 0) is 4.74 Å². The van der Waals surface area contributed by atoms with Crippen LogP contribution in [0.15, 0.2) is 42.5 Å². The Labute approximate surface area is 144 Å². The standard InChI is InChI=1S/C19H18FNO4/c20-15-3-1-2-13(10-15)18-12-21(6-7-23-18)19(22)14-4-5-16-17(11-14)25-9-8-24-16/h1-5,10-11,18H,6-9,12H2/t18-/m0/s1. The third-order valence-corrected chi connectivity index (χ3v) is 4.36. The molecule has 6 heteroatoms. The van der Waals surface area contributed by atoms with E-state index in [1.165, 1.54) is 12.1 Å². The molecule has 0 unspecified atom stereocenters. The monoisotopic (exact) mass is 343 g/mol. The lowest BCUT2D eigenvalue weighted by Crippen LogP contribution is -2.42. The topological polar surface area (TPSA) is 48.0 Å². The van der Waals surface area contributed by atoms with Crippen molar-refractivity contribution in [2.75, 3.05) is 32.9 Å². The Morgan fingerprint density at radius 2 is 1.88 bits per heavy atom. The number of ether oxygens (including phenoxy) is 3. The van der Waals surface area contributed by atoms with Crippen LogP contribution < -0.4 is 9.47 Å². The van der Waals surface area contributed by atoms with Crippen molar-refractivity contribution >= 4 is 5.91 Å². The Bertz CT molecular complexity index is 795. The van der Waals surface area contributed by atoms with Crippen molar-refractivity contribution in [1.82, 2.24) is 4.90 Å². The molecule has 2 aliphatic heterocycles. The number of rotatable bonds is 2. The quantitative estimate of drug-likeness (QED) is 0.841. The van der Waals surface area contributed by atoms with Crippen LogP contribution in [0.1, 0.15) is 22.0 Å². The molecule has 130 valence electrons. The summed E-state index contributed by atoms with van der Waals surface area (Å²) in [5, 5.41) is 0. The van der Waals surface area contributed by atoms with Gasteiger partial charge in [0.25, 0.3) is 5.91 Å². The minimum atomic E-state index is -0.328. The van der Waals surface area contributed by atoms with Gasteiger partial charge in [0.15, 0.2) is 11.5 Å². The van der Waals surface area contributed by atoms with Crippen LogP contribution in [0.2, 0.25) is 0 Å². The highest BCUT2D eigenvalue weighted by atomic mass is 19.1. The summed E-state index contributed by atoms with van der Waals surface area (Å²) in [6.45, 7) is 2.29. The first-order valence-corrected chi connectivity index (χ1v) is 8.27. The van der Waals surface area contributed by atoms with Crippen molar-refractivity contribution in [2.24, 2.45) is 0 Å². The molecule has 2 aromatic rings. The Kier molecular flexibility index (Phi) is 4.28. The summed E-state index contributed by atoms with van der Waals surface area (Å²) in [4.78, 5) is 14.6. The van der Waals surface area contributed by atoms with Crippen molar-refractivity contribution in [1.29, 1.82) is 0 Å². The minimum absolute atomic E-state index is 0.0957. The third kappa shape index (κ3) is 3.30. The molecule has 0 bridgehead atoms. The molecular formula is C19H18FNO4. The Hall–Kier alpha value is -2.60. The van der Waals surface area contributed by atoms with Crippen molar-refractivity contribution in [3.05, 3.63) is 59.4 Å². The van der Waals surface area contributed by atoms with Gasteiger partial charge >= 0.3 is 0 Å². The average Bonchev–Trinajstić information content (AvgIpc) is 2.67. The zero-order valence-electron chi connectivity index (χ0n) is 13.6. The maximum atomic E-state index is 13.4. The Balaban J connectivity index is 1.52. The molecule has 0 spiro atoms. The molecular weight excluding hydrogens is 325 g/mol. The van der Waals surface area contributed by atoms with Gasteiger partial charge in [0.05, 0.1) is 13.2 Å². The van der Waals surface area contributed by atoms with Gasteiger partial charge in [0.1, 0.15) is 25.1 Å². The molecule has 0 aromatic heterocycles. The van der Waals surface area contributed by atoms with E-state index in [0.717, 1.165) is 5.56 Å². The van der Waals surface area contributed by atoms with Gasteiger partial charge < -0.3 is 19.1 Å².